The van der Waals surface area contributed by atoms with Crippen LogP contribution in [0.2, 0.25) is 0 Å². The number of carboxylic acid groups (broad SMARTS) is 1. The SMILES string of the molecule is CC(C)(C)c1csc2ccc(C(=O)O)cc12. The lowest BCUT2D eigenvalue weighted by Gasteiger charge is -2.17. The average molecular weight is 234 g/mol. The van der Waals surface area contributed by atoms with E-state index in [1.165, 1.54) is 5.56 Å². The van der Waals surface area contributed by atoms with Crippen LogP contribution in [-0.2, 0) is 5.41 Å². The Balaban J connectivity index is 2.70. The van der Waals surface area contributed by atoms with Crippen LogP contribution in [0.1, 0.15) is 36.7 Å². The quantitative estimate of drug-likeness (QED) is 0.812. The van der Waals surface area contributed by atoms with Gasteiger partial charge < -0.3 is 5.11 Å². The average Bonchev–Trinajstić information content (AvgIpc) is 2.58. The van der Waals surface area contributed by atoms with E-state index in [1.807, 2.05) is 6.07 Å². The second kappa shape index (κ2) is 3.59. The van der Waals surface area contributed by atoms with Crippen molar-refractivity contribution in [3.05, 3.63) is 34.7 Å². The van der Waals surface area contributed by atoms with Gasteiger partial charge in [-0.1, -0.05) is 20.8 Å². The predicted octanol–water partition coefficient (Wildman–Crippen LogP) is 3.90. The molecule has 0 spiro atoms. The maximum atomic E-state index is 10.9. The third-order valence-corrected chi connectivity index (χ3v) is 3.59. The first-order valence-electron chi connectivity index (χ1n) is 5.14. The minimum absolute atomic E-state index is 0.0510. The fraction of sp³-hybridized carbons (Fsp3) is 0.308. The van der Waals surface area contributed by atoms with Gasteiger partial charge in [0.15, 0.2) is 0 Å². The maximum Gasteiger partial charge on any atom is 0.335 e. The Morgan fingerprint density at radius 2 is 2.00 bits per heavy atom. The van der Waals surface area contributed by atoms with E-state index in [9.17, 15) is 4.79 Å². The number of fused-ring (bicyclic) bond motifs is 1. The molecule has 1 aromatic heterocycles. The molecule has 0 saturated carbocycles. The van der Waals surface area contributed by atoms with Gasteiger partial charge in [0.25, 0.3) is 0 Å². The summed E-state index contributed by atoms with van der Waals surface area (Å²) >= 11 is 1.67. The minimum atomic E-state index is -0.868. The first-order chi connectivity index (χ1) is 7.39. The van der Waals surface area contributed by atoms with Gasteiger partial charge in [-0.25, -0.2) is 4.79 Å². The summed E-state index contributed by atoms with van der Waals surface area (Å²) in [5.41, 5.74) is 1.63. The topological polar surface area (TPSA) is 37.3 Å². The minimum Gasteiger partial charge on any atom is -0.478 e. The first-order valence-corrected chi connectivity index (χ1v) is 6.02. The van der Waals surface area contributed by atoms with Gasteiger partial charge >= 0.3 is 5.97 Å². The van der Waals surface area contributed by atoms with E-state index in [0.29, 0.717) is 5.56 Å². The number of rotatable bonds is 1. The van der Waals surface area contributed by atoms with Crippen molar-refractivity contribution in [2.45, 2.75) is 26.2 Å². The van der Waals surface area contributed by atoms with Crippen molar-refractivity contribution in [3.8, 4) is 0 Å². The molecular formula is C13H14O2S. The molecule has 0 aliphatic rings. The predicted molar refractivity (Wildman–Crippen MR) is 67.5 cm³/mol. The zero-order valence-corrected chi connectivity index (χ0v) is 10.4. The fourth-order valence-corrected chi connectivity index (χ4v) is 2.91. The number of carbonyl (C=O) groups is 1. The van der Waals surface area contributed by atoms with E-state index in [1.54, 1.807) is 23.5 Å². The normalized spacial score (nSPS) is 11.9. The third kappa shape index (κ3) is 1.83. The van der Waals surface area contributed by atoms with E-state index in [2.05, 4.69) is 26.2 Å². The molecule has 0 aliphatic carbocycles. The highest BCUT2D eigenvalue weighted by molar-refractivity contribution is 7.17. The largest absolute Gasteiger partial charge is 0.478 e. The van der Waals surface area contributed by atoms with Gasteiger partial charge in [-0.2, -0.15) is 0 Å². The molecule has 0 atom stereocenters. The Labute approximate surface area is 98.5 Å². The smallest absolute Gasteiger partial charge is 0.335 e. The summed E-state index contributed by atoms with van der Waals surface area (Å²) in [6.45, 7) is 6.42. The molecule has 0 amide bonds. The lowest BCUT2D eigenvalue weighted by Crippen LogP contribution is -2.10. The Kier molecular flexibility index (Phi) is 2.50. The van der Waals surface area contributed by atoms with Crippen LogP contribution in [-0.4, -0.2) is 11.1 Å². The van der Waals surface area contributed by atoms with Crippen LogP contribution in [0.4, 0.5) is 0 Å². The zero-order valence-electron chi connectivity index (χ0n) is 9.57. The lowest BCUT2D eigenvalue weighted by molar-refractivity contribution is 0.0697. The lowest BCUT2D eigenvalue weighted by atomic mass is 9.86. The summed E-state index contributed by atoms with van der Waals surface area (Å²) in [7, 11) is 0. The van der Waals surface area contributed by atoms with E-state index in [-0.39, 0.29) is 5.41 Å². The summed E-state index contributed by atoms with van der Waals surface area (Å²) < 4.78 is 1.15. The number of hydrogen-bond donors (Lipinski definition) is 1. The fourth-order valence-electron chi connectivity index (χ4n) is 1.74. The summed E-state index contributed by atoms with van der Waals surface area (Å²) in [6.07, 6.45) is 0. The Bertz CT molecular complexity index is 547. The van der Waals surface area contributed by atoms with E-state index in [4.69, 9.17) is 5.11 Å². The second-order valence-electron chi connectivity index (χ2n) is 4.92. The monoisotopic (exact) mass is 234 g/mol. The standard InChI is InChI=1S/C13H14O2S/c1-13(2,3)10-7-16-11-5-4-8(12(14)15)6-9(10)11/h4-7H,1-3H3,(H,14,15). The molecule has 1 heterocycles. The molecule has 1 aromatic carbocycles. The molecule has 0 saturated heterocycles. The molecule has 84 valence electrons. The van der Waals surface area contributed by atoms with Crippen molar-refractivity contribution in [3.63, 3.8) is 0 Å². The molecule has 2 nitrogen and oxygen atoms in total. The summed E-state index contributed by atoms with van der Waals surface area (Å²) in [5.74, 6) is -0.868. The molecule has 1 N–H and O–H groups in total. The Morgan fingerprint density at radius 3 is 2.56 bits per heavy atom. The van der Waals surface area contributed by atoms with Crippen LogP contribution < -0.4 is 0 Å². The van der Waals surface area contributed by atoms with Crippen LogP contribution in [0.5, 0.6) is 0 Å². The Morgan fingerprint density at radius 1 is 1.31 bits per heavy atom. The van der Waals surface area contributed by atoms with Crippen molar-refractivity contribution in [2.24, 2.45) is 0 Å². The van der Waals surface area contributed by atoms with Crippen LogP contribution >= 0.6 is 11.3 Å². The first kappa shape index (κ1) is 11.1. The zero-order chi connectivity index (χ0) is 11.9. The summed E-state index contributed by atoms with van der Waals surface area (Å²) in [4.78, 5) is 10.9. The molecule has 0 radical (unpaired) electrons. The molecule has 2 aromatic rings. The molecule has 3 heteroatoms. The number of carboxylic acids is 1. The molecule has 2 rings (SSSR count). The molecule has 16 heavy (non-hydrogen) atoms. The highest BCUT2D eigenvalue weighted by Gasteiger charge is 2.19. The Hall–Kier alpha value is -1.35. The number of aromatic carboxylic acids is 1. The van der Waals surface area contributed by atoms with E-state index in [0.717, 1.165) is 10.1 Å². The van der Waals surface area contributed by atoms with Crippen LogP contribution in [0, 0.1) is 0 Å². The van der Waals surface area contributed by atoms with Gasteiger partial charge in [0, 0.05) is 4.70 Å². The maximum absolute atomic E-state index is 10.9. The number of hydrogen-bond acceptors (Lipinski definition) is 2. The van der Waals surface area contributed by atoms with Crippen LogP contribution in [0.15, 0.2) is 23.6 Å². The van der Waals surface area contributed by atoms with Crippen molar-refractivity contribution < 1.29 is 9.90 Å². The molecule has 0 bridgehead atoms. The van der Waals surface area contributed by atoms with Crippen LogP contribution in [0.25, 0.3) is 10.1 Å². The summed E-state index contributed by atoms with van der Waals surface area (Å²) in [5, 5.41) is 12.2. The third-order valence-electron chi connectivity index (χ3n) is 2.63. The van der Waals surface area contributed by atoms with Gasteiger partial charge in [-0.05, 0) is 39.9 Å². The van der Waals surface area contributed by atoms with Crippen molar-refractivity contribution >= 4 is 27.4 Å². The van der Waals surface area contributed by atoms with Gasteiger partial charge in [-0.15, -0.1) is 11.3 Å². The number of thiophene rings is 1. The van der Waals surface area contributed by atoms with Crippen LogP contribution in [0.3, 0.4) is 0 Å². The van der Waals surface area contributed by atoms with Gasteiger partial charge in [0.05, 0.1) is 5.56 Å². The molecule has 0 fully saturated rings. The molecule has 0 aliphatic heterocycles. The highest BCUT2D eigenvalue weighted by atomic mass is 32.1. The van der Waals surface area contributed by atoms with Gasteiger partial charge in [0.2, 0.25) is 0 Å². The van der Waals surface area contributed by atoms with E-state index < -0.39 is 5.97 Å². The second-order valence-corrected chi connectivity index (χ2v) is 5.83. The number of benzene rings is 1. The summed E-state index contributed by atoms with van der Waals surface area (Å²) in [6, 6.07) is 5.32. The highest BCUT2D eigenvalue weighted by Crippen LogP contribution is 2.35. The van der Waals surface area contributed by atoms with Crippen molar-refractivity contribution in [1.29, 1.82) is 0 Å². The van der Waals surface area contributed by atoms with Crippen molar-refractivity contribution in [1.82, 2.24) is 0 Å². The van der Waals surface area contributed by atoms with Gasteiger partial charge in [0.1, 0.15) is 0 Å². The van der Waals surface area contributed by atoms with Gasteiger partial charge in [-0.3, -0.25) is 0 Å². The molecule has 0 unspecified atom stereocenters. The molecular weight excluding hydrogens is 220 g/mol. The van der Waals surface area contributed by atoms with E-state index >= 15 is 0 Å². The van der Waals surface area contributed by atoms with Crippen molar-refractivity contribution in [2.75, 3.05) is 0 Å².